The van der Waals surface area contributed by atoms with Crippen LogP contribution in [0.1, 0.15) is 48.2 Å². The summed E-state index contributed by atoms with van der Waals surface area (Å²) in [5.41, 5.74) is 7.03. The van der Waals surface area contributed by atoms with Gasteiger partial charge < -0.3 is 15.1 Å². The fourth-order valence-corrected chi connectivity index (χ4v) is 2.99. The molecule has 1 saturated carbocycles. The number of hydrogen-bond donors (Lipinski definition) is 1. The Morgan fingerprint density at radius 2 is 2.05 bits per heavy atom. The summed E-state index contributed by atoms with van der Waals surface area (Å²) in [7, 11) is 0. The number of carbonyl (C=O) groups excluding carboxylic acids is 1. The number of amides is 1. The first kappa shape index (κ1) is 14.6. The van der Waals surface area contributed by atoms with Crippen LogP contribution in [0.5, 0.6) is 0 Å². The summed E-state index contributed by atoms with van der Waals surface area (Å²) in [6.07, 6.45) is 11.9. The Labute approximate surface area is 129 Å². The van der Waals surface area contributed by atoms with Crippen molar-refractivity contribution in [3.8, 4) is 0 Å². The smallest absolute Gasteiger partial charge is 0.276 e. The van der Waals surface area contributed by atoms with E-state index in [2.05, 4.69) is 9.97 Å². The number of carbonyl (C=O) groups is 1. The zero-order chi connectivity index (χ0) is 15.4. The maximum atomic E-state index is 12.9. The first-order chi connectivity index (χ1) is 10.8. The number of nitrogens with zero attached hydrogens (tertiary/aromatic N) is 3. The molecule has 0 radical (unpaired) electrons. The summed E-state index contributed by atoms with van der Waals surface area (Å²) < 4.78 is 5.12. The fourth-order valence-electron chi connectivity index (χ4n) is 2.99. The van der Waals surface area contributed by atoms with Crippen LogP contribution >= 0.6 is 0 Å². The molecule has 1 aliphatic rings. The van der Waals surface area contributed by atoms with Crippen LogP contribution in [-0.2, 0) is 6.54 Å². The molecule has 0 bridgehead atoms. The van der Waals surface area contributed by atoms with Crippen LogP contribution in [0.25, 0.3) is 0 Å². The van der Waals surface area contributed by atoms with Gasteiger partial charge in [0.25, 0.3) is 5.91 Å². The number of nitrogens with two attached hydrogens (primary N) is 1. The summed E-state index contributed by atoms with van der Waals surface area (Å²) in [4.78, 5) is 22.9. The number of hydrogen-bond acceptors (Lipinski definition) is 5. The molecule has 2 heterocycles. The normalized spacial score (nSPS) is 15.6. The van der Waals surface area contributed by atoms with Gasteiger partial charge in [0.05, 0.1) is 12.5 Å². The van der Waals surface area contributed by atoms with E-state index in [0.717, 1.165) is 31.2 Å². The molecule has 116 valence electrons. The van der Waals surface area contributed by atoms with Crippen LogP contribution < -0.4 is 5.73 Å². The summed E-state index contributed by atoms with van der Waals surface area (Å²) in [5, 5.41) is 0. The molecule has 2 aromatic rings. The van der Waals surface area contributed by atoms with Gasteiger partial charge in [-0.15, -0.1) is 0 Å². The second-order valence-corrected chi connectivity index (χ2v) is 5.65. The largest absolute Gasteiger partial charge is 0.472 e. The second kappa shape index (κ2) is 6.60. The zero-order valence-corrected chi connectivity index (χ0v) is 12.4. The molecule has 0 aliphatic heterocycles. The number of nitrogen functional groups attached to an aromatic ring is 1. The van der Waals surface area contributed by atoms with E-state index < -0.39 is 0 Å². The monoisotopic (exact) mass is 300 g/mol. The highest BCUT2D eigenvalue weighted by Crippen LogP contribution is 2.26. The molecule has 0 saturated heterocycles. The molecule has 2 aromatic heterocycles. The van der Waals surface area contributed by atoms with Gasteiger partial charge in [-0.3, -0.25) is 4.79 Å². The minimum absolute atomic E-state index is 0.154. The van der Waals surface area contributed by atoms with Gasteiger partial charge >= 0.3 is 0 Å². The first-order valence-corrected chi connectivity index (χ1v) is 7.64. The molecular weight excluding hydrogens is 280 g/mol. The highest BCUT2D eigenvalue weighted by molar-refractivity contribution is 5.96. The van der Waals surface area contributed by atoms with Gasteiger partial charge in [0.1, 0.15) is 0 Å². The third-order valence-electron chi connectivity index (χ3n) is 4.14. The van der Waals surface area contributed by atoms with Crippen LogP contribution in [0.4, 0.5) is 5.82 Å². The van der Waals surface area contributed by atoms with E-state index in [1.165, 1.54) is 18.8 Å². The predicted molar refractivity (Wildman–Crippen MR) is 81.9 cm³/mol. The molecule has 3 rings (SSSR count). The minimum atomic E-state index is -0.154. The van der Waals surface area contributed by atoms with Gasteiger partial charge in [0, 0.05) is 30.5 Å². The Bertz CT molecular complexity index is 621. The van der Waals surface area contributed by atoms with Crippen molar-refractivity contribution in [3.63, 3.8) is 0 Å². The van der Waals surface area contributed by atoms with E-state index in [9.17, 15) is 4.79 Å². The average Bonchev–Trinajstić information content (AvgIpc) is 3.06. The van der Waals surface area contributed by atoms with Crippen LogP contribution in [-0.4, -0.2) is 26.8 Å². The van der Waals surface area contributed by atoms with E-state index in [0.29, 0.717) is 6.54 Å². The minimum Gasteiger partial charge on any atom is -0.472 e. The lowest BCUT2D eigenvalue weighted by Gasteiger charge is -2.34. The molecule has 1 aliphatic carbocycles. The summed E-state index contributed by atoms with van der Waals surface area (Å²) >= 11 is 0. The van der Waals surface area contributed by atoms with Crippen molar-refractivity contribution >= 4 is 11.7 Å². The summed E-state index contributed by atoms with van der Waals surface area (Å²) in [6, 6.07) is 2.10. The van der Waals surface area contributed by atoms with Crippen LogP contribution in [0, 0.1) is 0 Å². The Balaban J connectivity index is 1.86. The van der Waals surface area contributed by atoms with E-state index in [4.69, 9.17) is 10.2 Å². The summed E-state index contributed by atoms with van der Waals surface area (Å²) in [5.74, 6) is 0.0270. The zero-order valence-electron chi connectivity index (χ0n) is 12.4. The Morgan fingerprint density at radius 3 is 2.73 bits per heavy atom. The van der Waals surface area contributed by atoms with Crippen LogP contribution in [0.15, 0.2) is 35.4 Å². The van der Waals surface area contributed by atoms with E-state index >= 15 is 0 Å². The predicted octanol–water partition coefficient (Wildman–Crippen LogP) is 2.63. The lowest BCUT2D eigenvalue weighted by molar-refractivity contribution is 0.0608. The molecule has 2 N–H and O–H groups in total. The van der Waals surface area contributed by atoms with Gasteiger partial charge in [0.2, 0.25) is 0 Å². The van der Waals surface area contributed by atoms with Gasteiger partial charge in [0.15, 0.2) is 11.5 Å². The number of furan rings is 1. The van der Waals surface area contributed by atoms with Crippen molar-refractivity contribution in [2.24, 2.45) is 0 Å². The standard InChI is InChI=1S/C16H20N4O2/c17-15-14(18-7-8-19-15)16(21)20(10-12-6-9-22-11-12)13-4-2-1-3-5-13/h6-9,11,13H,1-5,10H2,(H2,17,19). The molecule has 6 nitrogen and oxygen atoms in total. The highest BCUT2D eigenvalue weighted by atomic mass is 16.3. The number of anilines is 1. The van der Waals surface area contributed by atoms with Crippen molar-refractivity contribution in [2.45, 2.75) is 44.7 Å². The van der Waals surface area contributed by atoms with Gasteiger partial charge in [-0.1, -0.05) is 19.3 Å². The SMILES string of the molecule is Nc1nccnc1C(=O)N(Cc1ccoc1)C1CCCCC1. The molecule has 22 heavy (non-hydrogen) atoms. The molecule has 0 spiro atoms. The van der Waals surface area contributed by atoms with E-state index in [-0.39, 0.29) is 23.5 Å². The third kappa shape index (κ3) is 3.10. The Kier molecular flexibility index (Phi) is 4.37. The van der Waals surface area contributed by atoms with Gasteiger partial charge in [-0.05, 0) is 18.9 Å². The quantitative estimate of drug-likeness (QED) is 0.938. The van der Waals surface area contributed by atoms with Gasteiger partial charge in [-0.2, -0.15) is 0 Å². The number of aromatic nitrogens is 2. The molecule has 0 unspecified atom stereocenters. The second-order valence-electron chi connectivity index (χ2n) is 5.65. The summed E-state index contributed by atoms with van der Waals surface area (Å²) in [6.45, 7) is 0.510. The maximum absolute atomic E-state index is 12.9. The van der Waals surface area contributed by atoms with Crippen LogP contribution in [0.3, 0.4) is 0 Å². The van der Waals surface area contributed by atoms with Crippen molar-refractivity contribution in [1.82, 2.24) is 14.9 Å². The van der Waals surface area contributed by atoms with Gasteiger partial charge in [-0.25, -0.2) is 9.97 Å². The van der Waals surface area contributed by atoms with Crippen molar-refractivity contribution in [1.29, 1.82) is 0 Å². The lowest BCUT2D eigenvalue weighted by atomic mass is 9.93. The molecule has 6 heteroatoms. The Hall–Kier alpha value is -2.37. The molecule has 1 amide bonds. The molecule has 1 fully saturated rings. The molecule has 0 atom stereocenters. The number of rotatable bonds is 4. The Morgan fingerprint density at radius 1 is 1.27 bits per heavy atom. The average molecular weight is 300 g/mol. The highest BCUT2D eigenvalue weighted by Gasteiger charge is 2.28. The molecule has 0 aromatic carbocycles. The third-order valence-corrected chi connectivity index (χ3v) is 4.14. The van der Waals surface area contributed by atoms with E-state index in [1.54, 1.807) is 12.5 Å². The topological polar surface area (TPSA) is 85.2 Å². The maximum Gasteiger partial charge on any atom is 0.276 e. The van der Waals surface area contributed by atoms with E-state index in [1.807, 2.05) is 11.0 Å². The van der Waals surface area contributed by atoms with Crippen LogP contribution in [0.2, 0.25) is 0 Å². The molecular formula is C16H20N4O2. The fraction of sp³-hybridized carbons (Fsp3) is 0.438. The first-order valence-electron chi connectivity index (χ1n) is 7.64. The van der Waals surface area contributed by atoms with Crippen molar-refractivity contribution < 1.29 is 9.21 Å². The van der Waals surface area contributed by atoms with Crippen molar-refractivity contribution in [3.05, 3.63) is 42.2 Å². The lowest BCUT2D eigenvalue weighted by Crippen LogP contribution is -2.41. The van der Waals surface area contributed by atoms with Crippen molar-refractivity contribution in [2.75, 3.05) is 5.73 Å².